The quantitative estimate of drug-likeness (QED) is 0.793. The molecule has 1 aromatic carbocycles. The van der Waals surface area contributed by atoms with Crippen molar-refractivity contribution in [2.24, 2.45) is 0 Å². The lowest BCUT2D eigenvalue weighted by Crippen LogP contribution is -2.55. The van der Waals surface area contributed by atoms with E-state index in [1.54, 1.807) is 31.4 Å². The van der Waals surface area contributed by atoms with Gasteiger partial charge in [0.1, 0.15) is 5.75 Å². The summed E-state index contributed by atoms with van der Waals surface area (Å²) in [5, 5.41) is 0.725. The maximum absolute atomic E-state index is 12.6. The molecule has 0 aliphatic carbocycles. The van der Waals surface area contributed by atoms with E-state index in [4.69, 9.17) is 9.47 Å². The van der Waals surface area contributed by atoms with Gasteiger partial charge in [0.2, 0.25) is 0 Å². The van der Waals surface area contributed by atoms with E-state index >= 15 is 0 Å². The second kappa shape index (κ2) is 6.14. The van der Waals surface area contributed by atoms with Crippen LogP contribution in [0.3, 0.4) is 0 Å². The van der Waals surface area contributed by atoms with Gasteiger partial charge < -0.3 is 14.4 Å². The molecule has 1 aliphatic rings. The summed E-state index contributed by atoms with van der Waals surface area (Å²) in [7, 11) is 1.61. The Morgan fingerprint density at radius 1 is 1.45 bits per heavy atom. The minimum Gasteiger partial charge on any atom is -0.497 e. The molecule has 110 valence electrons. The van der Waals surface area contributed by atoms with E-state index in [1.165, 1.54) is 0 Å². The molecular formula is C15H20BrNO3. The Labute approximate surface area is 128 Å². The van der Waals surface area contributed by atoms with Crippen LogP contribution in [0.5, 0.6) is 5.75 Å². The van der Waals surface area contributed by atoms with Crippen molar-refractivity contribution in [3.05, 3.63) is 29.8 Å². The van der Waals surface area contributed by atoms with E-state index in [9.17, 15) is 4.79 Å². The number of halogens is 1. The number of hydrogen-bond donors (Lipinski definition) is 0. The van der Waals surface area contributed by atoms with Crippen molar-refractivity contribution in [1.29, 1.82) is 0 Å². The zero-order chi connectivity index (χ0) is 14.8. The fourth-order valence-electron chi connectivity index (χ4n) is 2.45. The third-order valence-electron chi connectivity index (χ3n) is 3.28. The van der Waals surface area contributed by atoms with Crippen LogP contribution < -0.4 is 4.74 Å². The lowest BCUT2D eigenvalue weighted by molar-refractivity contribution is -0.116. The van der Waals surface area contributed by atoms with Crippen molar-refractivity contribution in [3.63, 3.8) is 0 Å². The maximum Gasteiger partial charge on any atom is 0.254 e. The van der Waals surface area contributed by atoms with Crippen LogP contribution in [-0.2, 0) is 4.74 Å². The Balaban J connectivity index is 2.14. The number of nitrogens with zero attached hydrogens (tertiary/aromatic N) is 1. The Morgan fingerprint density at radius 3 is 2.65 bits per heavy atom. The van der Waals surface area contributed by atoms with Crippen molar-refractivity contribution in [1.82, 2.24) is 4.90 Å². The van der Waals surface area contributed by atoms with E-state index < -0.39 is 0 Å². The van der Waals surface area contributed by atoms with Crippen LogP contribution in [0.1, 0.15) is 24.2 Å². The third-order valence-corrected chi connectivity index (χ3v) is 4.00. The summed E-state index contributed by atoms with van der Waals surface area (Å²) >= 11 is 3.43. The highest BCUT2D eigenvalue weighted by Gasteiger charge is 2.35. The molecule has 0 aromatic heterocycles. The van der Waals surface area contributed by atoms with Gasteiger partial charge in [0.25, 0.3) is 5.91 Å². The summed E-state index contributed by atoms with van der Waals surface area (Å²) in [6, 6.07) is 7.21. The van der Waals surface area contributed by atoms with E-state index in [0.717, 1.165) is 11.1 Å². The van der Waals surface area contributed by atoms with Gasteiger partial charge in [0.15, 0.2) is 0 Å². The van der Waals surface area contributed by atoms with Crippen LogP contribution >= 0.6 is 15.9 Å². The van der Waals surface area contributed by atoms with Crippen LogP contribution in [-0.4, -0.2) is 48.0 Å². The molecule has 1 amide bonds. The predicted octanol–water partition coefficient (Wildman–Crippen LogP) is 2.71. The largest absolute Gasteiger partial charge is 0.497 e. The lowest BCUT2D eigenvalue weighted by atomic mass is 10.0. The lowest BCUT2D eigenvalue weighted by Gasteiger charge is -2.42. The number of amides is 1. The van der Waals surface area contributed by atoms with E-state index in [1.807, 2.05) is 18.7 Å². The second-order valence-corrected chi connectivity index (χ2v) is 6.22. The zero-order valence-electron chi connectivity index (χ0n) is 12.1. The Kier molecular flexibility index (Phi) is 4.70. The molecule has 0 spiro atoms. The minimum atomic E-state index is -0.321. The third kappa shape index (κ3) is 3.52. The molecule has 0 N–H and O–H groups in total. The summed E-state index contributed by atoms with van der Waals surface area (Å²) in [4.78, 5) is 14.4. The smallest absolute Gasteiger partial charge is 0.254 e. The van der Waals surface area contributed by atoms with Gasteiger partial charge in [-0.2, -0.15) is 0 Å². The maximum atomic E-state index is 12.6. The predicted molar refractivity (Wildman–Crippen MR) is 81.6 cm³/mol. The van der Waals surface area contributed by atoms with Gasteiger partial charge in [-0.3, -0.25) is 4.79 Å². The molecule has 0 radical (unpaired) electrons. The number of ether oxygens (including phenoxy) is 2. The Bertz CT molecular complexity index is 473. The molecule has 2 rings (SSSR count). The minimum absolute atomic E-state index is 0.0287. The SMILES string of the molecule is COc1ccc(C(=O)N2CC(CBr)OC(C)(C)C2)cc1. The Hall–Kier alpha value is -1.07. The van der Waals surface area contributed by atoms with Gasteiger partial charge in [0, 0.05) is 24.0 Å². The highest BCUT2D eigenvalue weighted by Crippen LogP contribution is 2.24. The molecule has 5 heteroatoms. The van der Waals surface area contributed by atoms with Crippen molar-refractivity contribution in [2.75, 3.05) is 25.5 Å². The molecule has 0 bridgehead atoms. The van der Waals surface area contributed by atoms with Crippen molar-refractivity contribution in [2.45, 2.75) is 25.6 Å². The molecule has 1 heterocycles. The molecule has 1 aromatic rings. The van der Waals surface area contributed by atoms with Crippen LogP contribution in [0.2, 0.25) is 0 Å². The topological polar surface area (TPSA) is 38.8 Å². The van der Waals surface area contributed by atoms with E-state index in [-0.39, 0.29) is 17.6 Å². The van der Waals surface area contributed by atoms with Crippen LogP contribution in [0, 0.1) is 0 Å². The normalized spacial score (nSPS) is 21.6. The van der Waals surface area contributed by atoms with Gasteiger partial charge in [-0.1, -0.05) is 15.9 Å². The fourth-order valence-corrected chi connectivity index (χ4v) is 2.78. The second-order valence-electron chi connectivity index (χ2n) is 5.57. The van der Waals surface area contributed by atoms with Crippen LogP contribution in [0.4, 0.5) is 0 Å². The molecule has 1 fully saturated rings. The van der Waals surface area contributed by atoms with Gasteiger partial charge >= 0.3 is 0 Å². The number of methoxy groups -OCH3 is 1. The first-order valence-electron chi connectivity index (χ1n) is 6.62. The molecule has 1 saturated heterocycles. The van der Waals surface area contributed by atoms with Crippen molar-refractivity contribution < 1.29 is 14.3 Å². The molecule has 20 heavy (non-hydrogen) atoms. The fraction of sp³-hybridized carbons (Fsp3) is 0.533. The summed E-state index contributed by atoms with van der Waals surface area (Å²) in [6.07, 6.45) is 0.0287. The zero-order valence-corrected chi connectivity index (χ0v) is 13.6. The molecule has 1 aliphatic heterocycles. The number of hydrogen-bond acceptors (Lipinski definition) is 3. The number of carbonyl (C=O) groups excluding carboxylic acids is 1. The monoisotopic (exact) mass is 341 g/mol. The average molecular weight is 342 g/mol. The van der Waals surface area contributed by atoms with Crippen molar-refractivity contribution in [3.8, 4) is 5.75 Å². The van der Waals surface area contributed by atoms with E-state index in [0.29, 0.717) is 18.7 Å². The number of rotatable bonds is 3. The first kappa shape index (κ1) is 15.3. The first-order chi connectivity index (χ1) is 9.45. The summed E-state index contributed by atoms with van der Waals surface area (Å²) in [6.45, 7) is 5.23. The molecule has 4 nitrogen and oxygen atoms in total. The number of morpholine rings is 1. The average Bonchev–Trinajstić information content (AvgIpc) is 2.44. The number of benzene rings is 1. The Morgan fingerprint density at radius 2 is 2.10 bits per heavy atom. The standard InChI is InChI=1S/C15H20BrNO3/c1-15(2)10-17(9-13(8-16)20-15)14(18)11-4-6-12(19-3)7-5-11/h4-7,13H,8-10H2,1-3H3. The summed E-state index contributed by atoms with van der Waals surface area (Å²) in [5.74, 6) is 0.789. The van der Waals surface area contributed by atoms with Gasteiger partial charge in [-0.05, 0) is 38.1 Å². The molecule has 0 saturated carbocycles. The van der Waals surface area contributed by atoms with E-state index in [2.05, 4.69) is 15.9 Å². The van der Waals surface area contributed by atoms with Crippen LogP contribution in [0.25, 0.3) is 0 Å². The summed E-state index contributed by atoms with van der Waals surface area (Å²) < 4.78 is 11.0. The highest BCUT2D eigenvalue weighted by molar-refractivity contribution is 9.09. The number of alkyl halides is 1. The highest BCUT2D eigenvalue weighted by atomic mass is 79.9. The summed E-state index contributed by atoms with van der Waals surface area (Å²) in [5.41, 5.74) is 0.357. The van der Waals surface area contributed by atoms with Gasteiger partial charge in [-0.25, -0.2) is 0 Å². The van der Waals surface area contributed by atoms with Crippen LogP contribution in [0.15, 0.2) is 24.3 Å². The van der Waals surface area contributed by atoms with Gasteiger partial charge in [-0.15, -0.1) is 0 Å². The molecule has 1 atom stereocenters. The number of carbonyl (C=O) groups is 1. The van der Waals surface area contributed by atoms with Gasteiger partial charge in [0.05, 0.1) is 18.8 Å². The molecular weight excluding hydrogens is 322 g/mol. The molecule has 1 unspecified atom stereocenters. The first-order valence-corrected chi connectivity index (χ1v) is 7.74. The van der Waals surface area contributed by atoms with Crippen molar-refractivity contribution >= 4 is 21.8 Å².